The van der Waals surface area contributed by atoms with Crippen molar-refractivity contribution in [3.05, 3.63) is 66.0 Å². The van der Waals surface area contributed by atoms with Crippen molar-refractivity contribution in [3.63, 3.8) is 0 Å². The minimum atomic E-state index is -0.491. The zero-order valence-corrected chi connectivity index (χ0v) is 14.0. The van der Waals surface area contributed by atoms with Crippen LogP contribution >= 0.6 is 0 Å². The molecule has 0 amide bonds. The maximum atomic E-state index is 11.7. The average molecular weight is 326 g/mol. The second-order valence-electron chi connectivity index (χ2n) is 5.76. The van der Waals surface area contributed by atoms with Gasteiger partial charge in [0.2, 0.25) is 0 Å². The molecule has 1 aromatic heterocycles. The highest BCUT2D eigenvalue weighted by Crippen LogP contribution is 2.21. The van der Waals surface area contributed by atoms with Gasteiger partial charge in [-0.1, -0.05) is 30.3 Å². The smallest absolute Gasteiger partial charge is 0.313 e. The van der Waals surface area contributed by atoms with Gasteiger partial charge in [-0.15, -0.1) is 0 Å². The van der Waals surface area contributed by atoms with Gasteiger partial charge in [-0.25, -0.2) is 0 Å². The first-order valence-corrected chi connectivity index (χ1v) is 7.85. The normalized spacial score (nSPS) is 12.0. The number of hydrogen-bond donors (Lipinski definition) is 0. The largest absolute Gasteiger partial charge is 0.463 e. The summed E-state index contributed by atoms with van der Waals surface area (Å²) in [6.45, 7) is 2.29. The number of hydrogen-bond acceptors (Lipinski definition) is 5. The van der Waals surface area contributed by atoms with Gasteiger partial charge in [0.25, 0.3) is 0 Å². The molecule has 2 rings (SSSR count). The topological polar surface area (TPSA) is 59.5 Å². The molecular weight excluding hydrogens is 304 g/mol. The fourth-order valence-electron chi connectivity index (χ4n) is 2.47. The van der Waals surface area contributed by atoms with Gasteiger partial charge in [-0.2, -0.15) is 0 Å². The number of nitrogens with zero attached hydrogens (tertiary/aromatic N) is 2. The highest BCUT2D eigenvalue weighted by molar-refractivity contribution is 5.94. The molecule has 0 aliphatic heterocycles. The van der Waals surface area contributed by atoms with E-state index in [2.05, 4.69) is 22.0 Å². The molecule has 2 aromatic rings. The molecule has 0 aliphatic rings. The SMILES string of the molecule is CC(=O)CC(=O)OCC(c1ccncc1)N(C)Cc1ccccc1. The van der Waals surface area contributed by atoms with Crippen LogP contribution in [0.5, 0.6) is 0 Å². The molecular formula is C19H22N2O3. The molecule has 1 aromatic carbocycles. The van der Waals surface area contributed by atoms with Gasteiger partial charge >= 0.3 is 5.97 Å². The zero-order chi connectivity index (χ0) is 17.4. The monoisotopic (exact) mass is 326 g/mol. The van der Waals surface area contributed by atoms with Crippen molar-refractivity contribution >= 4 is 11.8 Å². The standard InChI is InChI=1S/C19H22N2O3/c1-15(22)12-19(23)24-14-18(17-8-10-20-11-9-17)21(2)13-16-6-4-3-5-7-16/h3-11,18H,12-14H2,1-2H3. The number of likely N-dealkylation sites (N-methyl/N-ethyl adjacent to an activating group) is 1. The molecule has 0 saturated carbocycles. The lowest BCUT2D eigenvalue weighted by atomic mass is 10.1. The molecule has 5 nitrogen and oxygen atoms in total. The van der Waals surface area contributed by atoms with Crippen molar-refractivity contribution in [1.82, 2.24) is 9.88 Å². The van der Waals surface area contributed by atoms with Gasteiger partial charge < -0.3 is 4.74 Å². The summed E-state index contributed by atoms with van der Waals surface area (Å²) in [6, 6.07) is 13.8. The summed E-state index contributed by atoms with van der Waals surface area (Å²) in [5.74, 6) is -0.687. The Balaban J connectivity index is 2.08. The lowest BCUT2D eigenvalue weighted by Crippen LogP contribution is -2.29. The minimum Gasteiger partial charge on any atom is -0.463 e. The third kappa shape index (κ3) is 5.59. The van der Waals surface area contributed by atoms with Crippen LogP contribution in [0.4, 0.5) is 0 Å². The fraction of sp³-hybridized carbons (Fsp3) is 0.316. The van der Waals surface area contributed by atoms with E-state index in [4.69, 9.17) is 4.74 Å². The van der Waals surface area contributed by atoms with E-state index < -0.39 is 5.97 Å². The van der Waals surface area contributed by atoms with Crippen LogP contribution in [0.25, 0.3) is 0 Å². The molecule has 0 fully saturated rings. The zero-order valence-electron chi connectivity index (χ0n) is 14.0. The molecule has 0 radical (unpaired) electrons. The van der Waals surface area contributed by atoms with E-state index in [1.807, 2.05) is 37.4 Å². The number of esters is 1. The first kappa shape index (κ1) is 17.8. The van der Waals surface area contributed by atoms with Gasteiger partial charge in [-0.3, -0.25) is 19.5 Å². The number of rotatable bonds is 8. The summed E-state index contributed by atoms with van der Waals surface area (Å²) in [7, 11) is 1.98. The van der Waals surface area contributed by atoms with Gasteiger partial charge in [-0.05, 0) is 37.2 Å². The Hall–Kier alpha value is -2.53. The summed E-state index contributed by atoms with van der Waals surface area (Å²) in [5.41, 5.74) is 2.19. The number of ether oxygens (including phenoxy) is 1. The lowest BCUT2D eigenvalue weighted by molar-refractivity contribution is -0.147. The van der Waals surface area contributed by atoms with E-state index in [-0.39, 0.29) is 24.9 Å². The van der Waals surface area contributed by atoms with Gasteiger partial charge in [0, 0.05) is 18.9 Å². The van der Waals surface area contributed by atoms with E-state index >= 15 is 0 Å². The molecule has 0 N–H and O–H groups in total. The number of ketones is 1. The highest BCUT2D eigenvalue weighted by atomic mass is 16.5. The maximum Gasteiger partial charge on any atom is 0.313 e. The summed E-state index contributed by atoms with van der Waals surface area (Å²) >= 11 is 0. The van der Waals surface area contributed by atoms with Gasteiger partial charge in [0.05, 0.1) is 6.04 Å². The molecule has 24 heavy (non-hydrogen) atoms. The second-order valence-corrected chi connectivity index (χ2v) is 5.76. The molecule has 0 aliphatic carbocycles. The summed E-state index contributed by atoms with van der Waals surface area (Å²) in [5, 5.41) is 0. The van der Waals surface area contributed by atoms with E-state index in [1.54, 1.807) is 12.4 Å². The Bertz CT molecular complexity index is 659. The first-order chi connectivity index (χ1) is 11.6. The van der Waals surface area contributed by atoms with E-state index in [9.17, 15) is 9.59 Å². The van der Waals surface area contributed by atoms with Crippen molar-refractivity contribution < 1.29 is 14.3 Å². The van der Waals surface area contributed by atoms with Gasteiger partial charge in [0.15, 0.2) is 0 Å². The molecule has 0 saturated heterocycles. The molecule has 1 heterocycles. The molecule has 0 bridgehead atoms. The van der Waals surface area contributed by atoms with Crippen LogP contribution in [0.3, 0.4) is 0 Å². The molecule has 5 heteroatoms. The molecule has 1 atom stereocenters. The average Bonchev–Trinajstić information content (AvgIpc) is 2.56. The van der Waals surface area contributed by atoms with Crippen molar-refractivity contribution in [2.45, 2.75) is 25.9 Å². The van der Waals surface area contributed by atoms with Crippen molar-refractivity contribution in [3.8, 4) is 0 Å². The number of carbonyl (C=O) groups excluding carboxylic acids is 2. The van der Waals surface area contributed by atoms with E-state index in [0.717, 1.165) is 12.1 Å². The minimum absolute atomic E-state index is 0.107. The summed E-state index contributed by atoms with van der Waals surface area (Å²) in [4.78, 5) is 28.9. The Morgan fingerprint density at radius 1 is 1.12 bits per heavy atom. The number of Topliss-reactive ketones (excluding diaryl/α,β-unsaturated/α-hetero) is 1. The quantitative estimate of drug-likeness (QED) is 0.551. The Kier molecular flexibility index (Phi) is 6.63. The van der Waals surface area contributed by atoms with Crippen LogP contribution < -0.4 is 0 Å². The van der Waals surface area contributed by atoms with Crippen molar-refractivity contribution in [2.75, 3.05) is 13.7 Å². The molecule has 0 spiro atoms. The van der Waals surface area contributed by atoms with Crippen LogP contribution in [0, 0.1) is 0 Å². The van der Waals surface area contributed by atoms with Crippen molar-refractivity contribution in [2.24, 2.45) is 0 Å². The van der Waals surface area contributed by atoms with Crippen LogP contribution in [0.1, 0.15) is 30.5 Å². The number of aromatic nitrogens is 1. The predicted molar refractivity (Wildman–Crippen MR) is 91.1 cm³/mol. The number of pyridine rings is 1. The highest BCUT2D eigenvalue weighted by Gasteiger charge is 2.20. The first-order valence-electron chi connectivity index (χ1n) is 7.85. The van der Waals surface area contributed by atoms with Crippen LogP contribution in [-0.2, 0) is 20.9 Å². The summed E-state index contributed by atoms with van der Waals surface area (Å²) in [6.07, 6.45) is 3.25. The van der Waals surface area contributed by atoms with E-state index in [1.165, 1.54) is 12.5 Å². The van der Waals surface area contributed by atoms with Crippen LogP contribution in [-0.4, -0.2) is 35.3 Å². The molecule has 1 unspecified atom stereocenters. The third-order valence-electron chi connectivity index (χ3n) is 3.69. The van der Waals surface area contributed by atoms with E-state index in [0.29, 0.717) is 0 Å². The van der Waals surface area contributed by atoms with Crippen LogP contribution in [0.15, 0.2) is 54.9 Å². The maximum absolute atomic E-state index is 11.7. The second kappa shape index (κ2) is 8.93. The fourth-order valence-corrected chi connectivity index (χ4v) is 2.47. The Labute approximate surface area is 142 Å². The van der Waals surface area contributed by atoms with Crippen molar-refractivity contribution in [1.29, 1.82) is 0 Å². The Morgan fingerprint density at radius 2 is 1.79 bits per heavy atom. The lowest BCUT2D eigenvalue weighted by Gasteiger charge is -2.28. The third-order valence-corrected chi connectivity index (χ3v) is 3.69. The predicted octanol–water partition coefficient (Wildman–Crippen LogP) is 2.78. The van der Waals surface area contributed by atoms with Crippen LogP contribution in [0.2, 0.25) is 0 Å². The van der Waals surface area contributed by atoms with Gasteiger partial charge in [0.1, 0.15) is 18.8 Å². The Morgan fingerprint density at radius 3 is 2.42 bits per heavy atom. The number of benzene rings is 1. The summed E-state index contributed by atoms with van der Waals surface area (Å²) < 4.78 is 5.31. The molecule has 126 valence electrons. The number of carbonyl (C=O) groups is 2.